The molecular formula is C60H63N9O8S2. The van der Waals surface area contributed by atoms with Gasteiger partial charge in [0.05, 0.1) is 49.9 Å². The number of ether oxygens (including phenoxy) is 1. The summed E-state index contributed by atoms with van der Waals surface area (Å²) < 4.78 is 7.60. The zero-order chi connectivity index (χ0) is 55.7. The highest BCUT2D eigenvalue weighted by Crippen LogP contribution is 2.38. The lowest BCUT2D eigenvalue weighted by molar-refractivity contribution is -0.143. The minimum absolute atomic E-state index is 0.0317. The summed E-state index contributed by atoms with van der Waals surface area (Å²) in [6, 6.07) is 24.3. The van der Waals surface area contributed by atoms with E-state index < -0.39 is 41.4 Å². The summed E-state index contributed by atoms with van der Waals surface area (Å²) in [5.41, 5.74) is 8.62. The molecule has 7 aromatic rings. The molecule has 0 radical (unpaired) electrons. The van der Waals surface area contributed by atoms with Crippen LogP contribution in [0.2, 0.25) is 0 Å². The van der Waals surface area contributed by atoms with Gasteiger partial charge in [-0.25, -0.2) is 19.7 Å². The maximum Gasteiger partial charge on any atom is 0.355 e. The summed E-state index contributed by atoms with van der Waals surface area (Å²) in [5, 5.41) is 30.6. The molecule has 408 valence electrons. The third-order valence-corrected chi connectivity index (χ3v) is 17.1. The van der Waals surface area contributed by atoms with Gasteiger partial charge >= 0.3 is 5.97 Å². The quantitative estimate of drug-likeness (QED) is 0.0645. The summed E-state index contributed by atoms with van der Waals surface area (Å²) in [5.74, 6) is -1.49. The van der Waals surface area contributed by atoms with Crippen LogP contribution in [0.1, 0.15) is 108 Å². The highest BCUT2D eigenvalue weighted by Gasteiger charge is 2.45. The molecule has 0 bridgehead atoms. The first-order valence-electron chi connectivity index (χ1n) is 26.6. The molecule has 4 amide bonds. The lowest BCUT2D eigenvalue weighted by atomic mass is 9.83. The standard InChI is InChI=1S/C60H63N9O8S2/c1-33-41(42-22-24-50(65-52(42)58(75)76)68-26-25-37-11-9-13-43(44(37)31-68)55(72)67-59-64-46-14-7-8-16-49(46)79-59)12-10-15-48(33)77-40-20-17-36(18-21-40)27-51(71)66-54(60(4,5)6)57(74)69-30-39(70)28-47(69)56(73)63-34(2)45-23-19-38(29-61-45)53-35(3)62-32-78-53/h7-16,19,22-24,29,32,36,39-40,47,54,70H,2,17-18,20-21,25-28,30-31H2,1,3-6H3,(H,63,73)(H,66,71)(H,75,76)(H,64,67,72)/t36?,39-,40?,47+,54-/m1/s1. The van der Waals surface area contributed by atoms with Crippen LogP contribution in [0.15, 0.2) is 103 Å². The number of aromatic carboxylic acids is 1. The zero-order valence-electron chi connectivity index (χ0n) is 44.7. The van der Waals surface area contributed by atoms with Crippen molar-refractivity contribution in [2.45, 2.75) is 110 Å². The molecule has 4 aromatic heterocycles. The van der Waals surface area contributed by atoms with Gasteiger partial charge in [0.1, 0.15) is 23.7 Å². The second-order valence-electron chi connectivity index (χ2n) is 21.7. The van der Waals surface area contributed by atoms with Crippen LogP contribution in [-0.4, -0.2) is 102 Å². The van der Waals surface area contributed by atoms with Gasteiger partial charge in [-0.3, -0.25) is 29.5 Å². The number of para-hydroxylation sites is 1. The van der Waals surface area contributed by atoms with Crippen molar-refractivity contribution in [2.24, 2.45) is 11.3 Å². The molecule has 0 unspecified atom stereocenters. The lowest BCUT2D eigenvalue weighted by Gasteiger charge is -2.36. The minimum atomic E-state index is -1.17. The summed E-state index contributed by atoms with van der Waals surface area (Å²) in [6.07, 6.45) is 4.29. The second kappa shape index (κ2) is 22.8. The topological polar surface area (TPSA) is 229 Å². The average molecular weight is 1100 g/mol. The van der Waals surface area contributed by atoms with Crippen molar-refractivity contribution >= 4 is 79.1 Å². The van der Waals surface area contributed by atoms with E-state index in [0.29, 0.717) is 84.3 Å². The van der Waals surface area contributed by atoms with E-state index in [1.165, 1.54) is 27.6 Å². The number of carboxylic acids is 1. The van der Waals surface area contributed by atoms with Crippen molar-refractivity contribution in [3.63, 3.8) is 0 Å². The fourth-order valence-corrected chi connectivity index (χ4v) is 12.6. The van der Waals surface area contributed by atoms with Crippen LogP contribution in [0.4, 0.5) is 10.9 Å². The molecule has 2 aliphatic heterocycles. The predicted molar refractivity (Wildman–Crippen MR) is 306 cm³/mol. The van der Waals surface area contributed by atoms with Gasteiger partial charge < -0.3 is 35.4 Å². The normalized spacial score (nSPS) is 18.6. The predicted octanol–water partition coefficient (Wildman–Crippen LogP) is 9.61. The molecule has 6 heterocycles. The fraction of sp³-hybridized carbons (Fsp3) is 0.350. The molecule has 3 atom stereocenters. The molecule has 79 heavy (non-hydrogen) atoms. The monoisotopic (exact) mass is 1100 g/mol. The number of aromatic nitrogens is 4. The van der Waals surface area contributed by atoms with Crippen LogP contribution in [0, 0.1) is 25.2 Å². The number of amides is 4. The minimum Gasteiger partial charge on any atom is -0.490 e. The Morgan fingerprint density at radius 3 is 2.41 bits per heavy atom. The van der Waals surface area contributed by atoms with E-state index in [4.69, 9.17) is 9.72 Å². The molecule has 5 N–H and O–H groups in total. The zero-order valence-corrected chi connectivity index (χ0v) is 46.4. The third kappa shape index (κ3) is 11.9. The molecule has 19 heteroatoms. The molecule has 0 spiro atoms. The number of thiazole rings is 2. The number of likely N-dealkylation sites (tertiary alicyclic amines) is 1. The van der Waals surface area contributed by atoms with Crippen molar-refractivity contribution in [1.82, 2.24) is 35.5 Å². The van der Waals surface area contributed by atoms with E-state index in [-0.39, 0.29) is 54.6 Å². The summed E-state index contributed by atoms with van der Waals surface area (Å²) >= 11 is 2.92. The molecule has 3 aliphatic rings. The molecular weight excluding hydrogens is 1040 g/mol. The van der Waals surface area contributed by atoms with E-state index in [1.807, 2.05) is 106 Å². The smallest absolute Gasteiger partial charge is 0.355 e. The maximum absolute atomic E-state index is 14.4. The van der Waals surface area contributed by atoms with Crippen molar-refractivity contribution in [1.29, 1.82) is 0 Å². The number of hydrogen-bond acceptors (Lipinski definition) is 14. The highest BCUT2D eigenvalue weighted by molar-refractivity contribution is 7.22. The number of hydrogen-bond donors (Lipinski definition) is 5. The first-order valence-corrected chi connectivity index (χ1v) is 28.3. The number of rotatable bonds is 15. The number of nitrogens with zero attached hydrogens (tertiary/aromatic N) is 6. The van der Waals surface area contributed by atoms with Gasteiger partial charge in [0.2, 0.25) is 17.7 Å². The van der Waals surface area contributed by atoms with Crippen LogP contribution in [0.25, 0.3) is 37.5 Å². The number of carboxylic acid groups (broad SMARTS) is 1. The summed E-state index contributed by atoms with van der Waals surface area (Å²) in [7, 11) is 0. The molecule has 3 aromatic carbocycles. The number of carbonyl (C=O) groups excluding carboxylic acids is 4. The summed E-state index contributed by atoms with van der Waals surface area (Å²) in [4.78, 5) is 91.0. The van der Waals surface area contributed by atoms with E-state index in [0.717, 1.165) is 43.0 Å². The van der Waals surface area contributed by atoms with E-state index in [2.05, 4.69) is 37.5 Å². The molecule has 1 aliphatic carbocycles. The van der Waals surface area contributed by atoms with Crippen molar-refractivity contribution in [3.8, 4) is 27.3 Å². The van der Waals surface area contributed by atoms with Crippen LogP contribution < -0.4 is 25.6 Å². The molecule has 1 saturated heterocycles. The van der Waals surface area contributed by atoms with Crippen LogP contribution in [0.3, 0.4) is 0 Å². The Morgan fingerprint density at radius 2 is 1.68 bits per heavy atom. The number of benzene rings is 3. The first-order chi connectivity index (χ1) is 37.9. The van der Waals surface area contributed by atoms with Crippen LogP contribution >= 0.6 is 22.7 Å². The SMILES string of the molecule is C=C(NC(=O)[C@@H]1C[C@@H](O)CN1C(=O)[C@@H](NC(=O)CC1CCC(Oc2cccc(-c3ccc(N4CCc5cccc(C(=O)Nc6nc7ccccc7s6)c5C4)nc3C(=O)O)c2C)CC1)C(C)(C)C)c1ccc(-c2scnc2C)cn1. The Kier molecular flexibility index (Phi) is 15.8. The number of carbonyl (C=O) groups is 5. The van der Waals surface area contributed by atoms with Crippen LogP contribution in [0.5, 0.6) is 5.75 Å². The van der Waals surface area contributed by atoms with E-state index >= 15 is 0 Å². The number of aliphatic hydroxyl groups excluding tert-OH is 1. The number of anilines is 2. The third-order valence-electron chi connectivity index (χ3n) is 15.2. The first kappa shape index (κ1) is 54.5. The Labute approximate surface area is 466 Å². The lowest BCUT2D eigenvalue weighted by Crippen LogP contribution is -2.57. The van der Waals surface area contributed by atoms with Gasteiger partial charge in [-0.05, 0) is 128 Å². The number of aryl methyl sites for hydroxylation is 1. The Morgan fingerprint density at radius 1 is 0.899 bits per heavy atom. The number of fused-ring (bicyclic) bond motifs is 2. The van der Waals surface area contributed by atoms with Crippen LogP contribution in [-0.2, 0) is 27.3 Å². The average Bonchev–Trinajstić information content (AvgIpc) is 4.22. The van der Waals surface area contributed by atoms with Gasteiger partial charge in [0.15, 0.2) is 10.8 Å². The number of pyridine rings is 2. The molecule has 2 fully saturated rings. The largest absolute Gasteiger partial charge is 0.490 e. The highest BCUT2D eigenvalue weighted by atomic mass is 32.1. The number of β-amino-alcohol motifs (C(OH)–C–C–N with tert-alkyl or cyclic N) is 1. The van der Waals surface area contributed by atoms with Gasteiger partial charge in [0, 0.05) is 55.4 Å². The van der Waals surface area contributed by atoms with Gasteiger partial charge in [0.25, 0.3) is 5.91 Å². The van der Waals surface area contributed by atoms with Crippen molar-refractivity contribution in [3.05, 3.63) is 143 Å². The maximum atomic E-state index is 14.4. The second-order valence-corrected chi connectivity index (χ2v) is 23.6. The van der Waals surface area contributed by atoms with Gasteiger partial charge in [-0.2, -0.15) is 0 Å². The molecule has 1 saturated carbocycles. The van der Waals surface area contributed by atoms with Crippen molar-refractivity contribution < 1.29 is 38.9 Å². The number of aliphatic hydroxyl groups is 1. The number of nitrogens with one attached hydrogen (secondary N) is 3. The Hall–Kier alpha value is -7.87. The van der Waals surface area contributed by atoms with Crippen molar-refractivity contribution in [2.75, 3.05) is 23.3 Å². The molecule has 17 nitrogen and oxygen atoms in total. The Balaban J connectivity index is 0.741. The molecule has 10 rings (SSSR count). The van der Waals surface area contributed by atoms with E-state index in [9.17, 15) is 34.2 Å². The summed E-state index contributed by atoms with van der Waals surface area (Å²) in [6.45, 7) is 14.3. The van der Waals surface area contributed by atoms with Gasteiger partial charge in [-0.15, -0.1) is 11.3 Å². The van der Waals surface area contributed by atoms with E-state index in [1.54, 1.807) is 29.9 Å². The Bertz CT molecular complexity index is 3460. The van der Waals surface area contributed by atoms with Gasteiger partial charge in [-0.1, -0.05) is 75.1 Å². The fourth-order valence-electron chi connectivity index (χ4n) is 10.9.